The Kier molecular flexibility index (Phi) is 4.67. The van der Waals surface area contributed by atoms with Gasteiger partial charge in [0.25, 0.3) is 6.43 Å². The molecule has 0 aliphatic carbocycles. The smallest absolute Gasteiger partial charge is 0.410 e. The van der Waals surface area contributed by atoms with E-state index in [2.05, 4.69) is 5.32 Å². The Hall–Kier alpha value is -0.620. The van der Waals surface area contributed by atoms with Crippen molar-refractivity contribution in [3.63, 3.8) is 0 Å². The number of amides is 1. The average Bonchev–Trinajstić information content (AvgIpc) is 2.55. The number of likely N-dealkylation sites (tertiary alicyclic amines) is 1. The van der Waals surface area contributed by atoms with Gasteiger partial charge in [-0.25, -0.2) is 13.6 Å². The summed E-state index contributed by atoms with van der Waals surface area (Å²) >= 11 is 0. The summed E-state index contributed by atoms with van der Waals surface area (Å²) in [5.74, 6) is 0. The summed E-state index contributed by atoms with van der Waals surface area (Å²) < 4.78 is 30.9. The van der Waals surface area contributed by atoms with Crippen LogP contribution in [0.25, 0.3) is 0 Å². The van der Waals surface area contributed by atoms with Gasteiger partial charge in [0.1, 0.15) is 5.60 Å². The van der Waals surface area contributed by atoms with Crippen molar-refractivity contribution in [3.8, 4) is 0 Å². The van der Waals surface area contributed by atoms with Crippen molar-refractivity contribution in [2.45, 2.75) is 45.3 Å². The largest absolute Gasteiger partial charge is 0.444 e. The fraction of sp³-hybridized carbons (Fsp3) is 0.917. The van der Waals surface area contributed by atoms with Crippen LogP contribution in [0.5, 0.6) is 0 Å². The zero-order valence-electron chi connectivity index (χ0n) is 11.4. The lowest BCUT2D eigenvalue weighted by Gasteiger charge is -2.50. The van der Waals surface area contributed by atoms with Crippen LogP contribution in [0.2, 0.25) is 0 Å². The molecule has 7 heteroatoms. The summed E-state index contributed by atoms with van der Waals surface area (Å²) in [7, 11) is 0. The van der Waals surface area contributed by atoms with E-state index in [1.54, 1.807) is 20.8 Å². The second-order valence-electron chi connectivity index (χ2n) is 6.22. The van der Waals surface area contributed by atoms with Crippen LogP contribution in [0.4, 0.5) is 13.6 Å². The van der Waals surface area contributed by atoms with Crippen molar-refractivity contribution in [1.82, 2.24) is 10.2 Å². The monoisotopic (exact) mass is 298 g/mol. The maximum absolute atomic E-state index is 12.9. The van der Waals surface area contributed by atoms with Crippen LogP contribution in [0.15, 0.2) is 0 Å². The molecule has 112 valence electrons. The molecule has 4 nitrogen and oxygen atoms in total. The molecule has 2 rings (SSSR count). The molecule has 19 heavy (non-hydrogen) atoms. The van der Waals surface area contributed by atoms with Gasteiger partial charge in [-0.3, -0.25) is 0 Å². The number of nitrogens with zero attached hydrogens (tertiary/aromatic N) is 1. The van der Waals surface area contributed by atoms with E-state index in [1.807, 2.05) is 0 Å². The molecule has 0 radical (unpaired) electrons. The van der Waals surface area contributed by atoms with Gasteiger partial charge < -0.3 is 15.0 Å². The highest BCUT2D eigenvalue weighted by Crippen LogP contribution is 2.43. The van der Waals surface area contributed by atoms with Crippen molar-refractivity contribution in [2.75, 3.05) is 19.6 Å². The molecule has 0 bridgehead atoms. The Morgan fingerprint density at radius 1 is 1.42 bits per heavy atom. The molecule has 2 saturated heterocycles. The Balaban J connectivity index is 0.00000180. The number of hydrogen-bond donors (Lipinski definition) is 1. The predicted molar refractivity (Wildman–Crippen MR) is 69.9 cm³/mol. The number of carbonyl (C=O) groups excluding carboxylic acids is 1. The van der Waals surface area contributed by atoms with E-state index in [0.717, 1.165) is 0 Å². The van der Waals surface area contributed by atoms with Crippen LogP contribution in [0.1, 0.15) is 27.2 Å². The number of ether oxygens (including phenoxy) is 1. The second-order valence-corrected chi connectivity index (χ2v) is 6.22. The minimum atomic E-state index is -2.38. The molecule has 2 aliphatic heterocycles. The van der Waals surface area contributed by atoms with E-state index >= 15 is 0 Å². The highest BCUT2D eigenvalue weighted by molar-refractivity contribution is 5.85. The molecule has 1 atom stereocenters. The molecule has 1 N–H and O–H groups in total. The highest BCUT2D eigenvalue weighted by Gasteiger charge is 2.56. The predicted octanol–water partition coefficient (Wildman–Crippen LogP) is 2.27. The van der Waals surface area contributed by atoms with Gasteiger partial charge in [0, 0.05) is 18.5 Å². The molecule has 1 unspecified atom stereocenters. The van der Waals surface area contributed by atoms with Gasteiger partial charge in [-0.05, 0) is 33.7 Å². The fourth-order valence-electron chi connectivity index (χ4n) is 2.73. The first-order valence-corrected chi connectivity index (χ1v) is 6.23. The number of alkyl halides is 2. The van der Waals surface area contributed by atoms with Crippen LogP contribution in [-0.4, -0.2) is 48.7 Å². The number of nitrogens with one attached hydrogen (secondary N) is 1. The normalized spacial score (nSPS) is 25.2. The van der Waals surface area contributed by atoms with E-state index in [4.69, 9.17) is 4.74 Å². The van der Waals surface area contributed by atoms with Crippen molar-refractivity contribution < 1.29 is 18.3 Å². The lowest BCUT2D eigenvalue weighted by molar-refractivity contribution is -0.0642. The van der Waals surface area contributed by atoms with Gasteiger partial charge in [-0.15, -0.1) is 12.4 Å². The molecule has 1 spiro atoms. The summed E-state index contributed by atoms with van der Waals surface area (Å²) in [6.45, 7) is 6.70. The number of carbonyl (C=O) groups is 1. The minimum Gasteiger partial charge on any atom is -0.444 e. The van der Waals surface area contributed by atoms with Crippen molar-refractivity contribution in [2.24, 2.45) is 5.41 Å². The lowest BCUT2D eigenvalue weighted by atomic mass is 9.73. The second kappa shape index (κ2) is 5.40. The molecule has 0 aromatic rings. The molecule has 2 fully saturated rings. The first-order chi connectivity index (χ1) is 8.23. The first-order valence-electron chi connectivity index (χ1n) is 6.23. The van der Waals surface area contributed by atoms with Gasteiger partial charge in [0.2, 0.25) is 0 Å². The first kappa shape index (κ1) is 16.4. The Morgan fingerprint density at radius 3 is 2.47 bits per heavy atom. The van der Waals surface area contributed by atoms with E-state index in [-0.39, 0.29) is 12.4 Å². The molecule has 0 aromatic heterocycles. The van der Waals surface area contributed by atoms with Gasteiger partial charge in [0.15, 0.2) is 0 Å². The molecular weight excluding hydrogens is 278 g/mol. The van der Waals surface area contributed by atoms with Crippen LogP contribution < -0.4 is 5.32 Å². The molecule has 2 heterocycles. The number of halogens is 3. The van der Waals surface area contributed by atoms with Crippen LogP contribution in [-0.2, 0) is 4.74 Å². The third kappa shape index (κ3) is 3.28. The van der Waals surface area contributed by atoms with Crippen LogP contribution in [0, 0.1) is 5.41 Å². The summed E-state index contributed by atoms with van der Waals surface area (Å²) in [5, 5.41) is 2.83. The standard InChI is InChI=1S/C12H20F2N2O2.ClH/c1-11(2,3)18-10(17)16-6-12(7-16)4-5-15-8(12)9(13)14;/h8-9,15H,4-7H2,1-3H3;1H. The van der Waals surface area contributed by atoms with Crippen molar-refractivity contribution in [1.29, 1.82) is 0 Å². The highest BCUT2D eigenvalue weighted by atomic mass is 35.5. The van der Waals surface area contributed by atoms with E-state index in [1.165, 1.54) is 4.90 Å². The van der Waals surface area contributed by atoms with Crippen molar-refractivity contribution in [3.05, 3.63) is 0 Å². The van der Waals surface area contributed by atoms with E-state index in [9.17, 15) is 13.6 Å². The minimum absolute atomic E-state index is 0. The SMILES string of the molecule is CC(C)(C)OC(=O)N1CC2(CCNC2C(F)F)C1.Cl. The quantitative estimate of drug-likeness (QED) is 0.807. The molecule has 0 aromatic carbocycles. The topological polar surface area (TPSA) is 41.6 Å². The summed E-state index contributed by atoms with van der Waals surface area (Å²) in [4.78, 5) is 13.3. The van der Waals surface area contributed by atoms with Gasteiger partial charge in [-0.2, -0.15) is 0 Å². The third-order valence-electron chi connectivity index (χ3n) is 3.56. The van der Waals surface area contributed by atoms with E-state index < -0.39 is 29.6 Å². The van der Waals surface area contributed by atoms with Crippen LogP contribution in [0.3, 0.4) is 0 Å². The Bertz CT molecular complexity index is 341. The van der Waals surface area contributed by atoms with E-state index in [0.29, 0.717) is 26.1 Å². The fourth-order valence-corrected chi connectivity index (χ4v) is 2.73. The van der Waals surface area contributed by atoms with Gasteiger partial charge in [-0.1, -0.05) is 0 Å². The Morgan fingerprint density at radius 2 is 2.00 bits per heavy atom. The molecular formula is C12H21ClF2N2O2. The number of rotatable bonds is 1. The summed E-state index contributed by atoms with van der Waals surface area (Å²) in [5.41, 5.74) is -0.999. The average molecular weight is 299 g/mol. The number of hydrogen-bond acceptors (Lipinski definition) is 3. The zero-order chi connectivity index (χ0) is 13.6. The molecule has 2 aliphatic rings. The maximum Gasteiger partial charge on any atom is 0.410 e. The lowest BCUT2D eigenvalue weighted by Crippen LogP contribution is -2.64. The summed E-state index contributed by atoms with van der Waals surface area (Å²) in [6.07, 6.45) is -2.09. The molecule has 1 amide bonds. The maximum atomic E-state index is 12.9. The van der Waals surface area contributed by atoms with Crippen molar-refractivity contribution >= 4 is 18.5 Å². The zero-order valence-corrected chi connectivity index (χ0v) is 12.2. The Labute approximate surface area is 118 Å². The summed E-state index contributed by atoms with van der Waals surface area (Å²) in [6, 6.07) is -0.795. The molecule has 0 saturated carbocycles. The van der Waals surface area contributed by atoms with Gasteiger partial charge in [0.05, 0.1) is 6.04 Å². The van der Waals surface area contributed by atoms with Gasteiger partial charge >= 0.3 is 6.09 Å². The van der Waals surface area contributed by atoms with Crippen LogP contribution >= 0.6 is 12.4 Å². The third-order valence-corrected chi connectivity index (χ3v) is 3.56.